The predicted molar refractivity (Wildman–Crippen MR) is 75.0 cm³/mol. The fraction of sp³-hybridized carbons (Fsp3) is 1.00. The first kappa shape index (κ1) is 15.9. The minimum absolute atomic E-state index is 0.168. The molecule has 1 aliphatic heterocycles. The van der Waals surface area contributed by atoms with Gasteiger partial charge in [0.2, 0.25) is 0 Å². The first-order valence-electron chi connectivity index (χ1n) is 7.11. The van der Waals surface area contributed by atoms with Crippen molar-refractivity contribution in [3.63, 3.8) is 0 Å². The van der Waals surface area contributed by atoms with Gasteiger partial charge in [-0.2, -0.15) is 0 Å². The average molecular weight is 258 g/mol. The van der Waals surface area contributed by atoms with Gasteiger partial charge in [-0.1, -0.05) is 13.8 Å². The van der Waals surface area contributed by atoms with Crippen molar-refractivity contribution in [2.45, 2.75) is 51.3 Å². The number of nitrogens with one attached hydrogen (secondary N) is 1. The van der Waals surface area contributed by atoms with Gasteiger partial charge in [0.25, 0.3) is 0 Å². The normalized spacial score (nSPS) is 26.2. The number of nitrogens with zero attached hydrogens (tertiary/aromatic N) is 1. The van der Waals surface area contributed by atoms with Crippen molar-refractivity contribution in [1.82, 2.24) is 10.2 Å². The lowest BCUT2D eigenvalue weighted by molar-refractivity contribution is -0.0188. The summed E-state index contributed by atoms with van der Waals surface area (Å²) in [7, 11) is 3.50. The standard InChI is InChI=1S/C14H30N2O2/c1-6-14(7-2)11-16(12(3)8-15-14)9-13(18-5)10-17-4/h12-13,15H,6-11H2,1-5H3. The summed E-state index contributed by atoms with van der Waals surface area (Å²) in [4.78, 5) is 2.54. The van der Waals surface area contributed by atoms with Crippen LogP contribution in [-0.2, 0) is 9.47 Å². The maximum absolute atomic E-state index is 5.49. The van der Waals surface area contributed by atoms with Gasteiger partial charge < -0.3 is 14.8 Å². The molecule has 1 rings (SSSR count). The van der Waals surface area contributed by atoms with Gasteiger partial charge in [0.15, 0.2) is 0 Å². The lowest BCUT2D eigenvalue weighted by Crippen LogP contribution is -2.64. The molecule has 1 heterocycles. The highest BCUT2D eigenvalue weighted by Crippen LogP contribution is 2.22. The van der Waals surface area contributed by atoms with Crippen molar-refractivity contribution in [3.8, 4) is 0 Å². The van der Waals surface area contributed by atoms with E-state index in [0.29, 0.717) is 12.6 Å². The van der Waals surface area contributed by atoms with E-state index >= 15 is 0 Å². The SMILES string of the molecule is CCC1(CC)CN(CC(COC)OC)C(C)CN1. The van der Waals surface area contributed by atoms with E-state index in [4.69, 9.17) is 9.47 Å². The van der Waals surface area contributed by atoms with Crippen LogP contribution < -0.4 is 5.32 Å². The van der Waals surface area contributed by atoms with Gasteiger partial charge in [0, 0.05) is 45.4 Å². The smallest absolute Gasteiger partial charge is 0.0931 e. The summed E-state index contributed by atoms with van der Waals surface area (Å²) < 4.78 is 10.7. The molecule has 108 valence electrons. The molecule has 0 aromatic heterocycles. The molecule has 18 heavy (non-hydrogen) atoms. The summed E-state index contributed by atoms with van der Waals surface area (Å²) in [5, 5.41) is 3.72. The van der Waals surface area contributed by atoms with Crippen LogP contribution in [0.25, 0.3) is 0 Å². The largest absolute Gasteiger partial charge is 0.382 e. The van der Waals surface area contributed by atoms with Gasteiger partial charge in [-0.15, -0.1) is 0 Å². The number of piperazine rings is 1. The maximum Gasteiger partial charge on any atom is 0.0931 e. The highest BCUT2D eigenvalue weighted by atomic mass is 16.5. The Balaban J connectivity index is 2.61. The molecular weight excluding hydrogens is 228 g/mol. The van der Waals surface area contributed by atoms with E-state index in [2.05, 4.69) is 31.0 Å². The second-order valence-electron chi connectivity index (χ2n) is 5.46. The molecule has 1 N–H and O–H groups in total. The summed E-state index contributed by atoms with van der Waals surface area (Å²) in [5.41, 5.74) is 0.276. The van der Waals surface area contributed by atoms with Crippen molar-refractivity contribution in [2.24, 2.45) is 0 Å². The highest BCUT2D eigenvalue weighted by molar-refractivity contribution is 4.96. The molecule has 0 radical (unpaired) electrons. The van der Waals surface area contributed by atoms with Gasteiger partial charge >= 0.3 is 0 Å². The van der Waals surface area contributed by atoms with Gasteiger partial charge in [0.1, 0.15) is 0 Å². The van der Waals surface area contributed by atoms with E-state index in [1.54, 1.807) is 14.2 Å². The molecule has 0 saturated carbocycles. The topological polar surface area (TPSA) is 33.7 Å². The zero-order valence-electron chi connectivity index (χ0n) is 12.7. The van der Waals surface area contributed by atoms with Crippen LogP contribution in [0.5, 0.6) is 0 Å². The van der Waals surface area contributed by atoms with Crippen LogP contribution in [0.1, 0.15) is 33.6 Å². The Labute approximate surface area is 112 Å². The molecule has 0 aliphatic carbocycles. The number of methoxy groups -OCH3 is 2. The monoisotopic (exact) mass is 258 g/mol. The summed E-state index contributed by atoms with van der Waals surface area (Å²) >= 11 is 0. The van der Waals surface area contributed by atoms with Gasteiger partial charge in [-0.25, -0.2) is 0 Å². The second kappa shape index (κ2) is 7.43. The number of hydrogen-bond acceptors (Lipinski definition) is 4. The molecule has 1 saturated heterocycles. The van der Waals surface area contributed by atoms with E-state index in [1.807, 2.05) is 0 Å². The van der Waals surface area contributed by atoms with Gasteiger partial charge in [-0.05, 0) is 19.8 Å². The molecule has 1 fully saturated rings. The van der Waals surface area contributed by atoms with E-state index in [9.17, 15) is 0 Å². The molecule has 0 aromatic carbocycles. The minimum atomic E-state index is 0.168. The third-order valence-electron chi connectivity index (χ3n) is 4.38. The summed E-state index contributed by atoms with van der Waals surface area (Å²) in [6.07, 6.45) is 2.52. The first-order valence-corrected chi connectivity index (χ1v) is 7.11. The Morgan fingerprint density at radius 3 is 2.50 bits per heavy atom. The van der Waals surface area contributed by atoms with E-state index < -0.39 is 0 Å². The first-order chi connectivity index (χ1) is 8.60. The molecule has 4 heteroatoms. The average Bonchev–Trinajstić information content (AvgIpc) is 2.41. The maximum atomic E-state index is 5.49. The van der Waals surface area contributed by atoms with Gasteiger partial charge in [0.05, 0.1) is 12.7 Å². The van der Waals surface area contributed by atoms with Crippen molar-refractivity contribution in [2.75, 3.05) is 40.5 Å². The molecule has 0 aromatic rings. The number of ether oxygens (including phenoxy) is 2. The van der Waals surface area contributed by atoms with Crippen molar-refractivity contribution >= 4 is 0 Å². The summed E-state index contributed by atoms with van der Waals surface area (Å²) in [6.45, 7) is 10.6. The fourth-order valence-electron chi connectivity index (χ4n) is 2.70. The van der Waals surface area contributed by atoms with Crippen molar-refractivity contribution in [3.05, 3.63) is 0 Å². The Hall–Kier alpha value is -0.160. The lowest BCUT2D eigenvalue weighted by atomic mass is 9.88. The second-order valence-corrected chi connectivity index (χ2v) is 5.46. The zero-order chi connectivity index (χ0) is 13.6. The molecule has 4 nitrogen and oxygen atoms in total. The Bertz CT molecular complexity index is 232. The third kappa shape index (κ3) is 3.92. The van der Waals surface area contributed by atoms with Crippen LogP contribution in [0, 0.1) is 0 Å². The molecule has 0 amide bonds. The molecule has 2 atom stereocenters. The molecular formula is C14H30N2O2. The number of hydrogen-bond donors (Lipinski definition) is 1. The van der Waals surface area contributed by atoms with Crippen LogP contribution in [0.15, 0.2) is 0 Å². The molecule has 2 unspecified atom stereocenters. The molecule has 1 aliphatic rings. The van der Waals surface area contributed by atoms with Crippen molar-refractivity contribution in [1.29, 1.82) is 0 Å². The Morgan fingerprint density at radius 2 is 2.00 bits per heavy atom. The number of rotatable bonds is 7. The van der Waals surface area contributed by atoms with E-state index in [1.165, 1.54) is 12.8 Å². The quantitative estimate of drug-likeness (QED) is 0.750. The summed E-state index contributed by atoms with van der Waals surface area (Å²) in [6, 6.07) is 0.561. The highest BCUT2D eigenvalue weighted by Gasteiger charge is 2.35. The summed E-state index contributed by atoms with van der Waals surface area (Å²) in [5.74, 6) is 0. The van der Waals surface area contributed by atoms with Crippen LogP contribution in [-0.4, -0.2) is 63.0 Å². The fourth-order valence-corrected chi connectivity index (χ4v) is 2.70. The lowest BCUT2D eigenvalue weighted by Gasteiger charge is -2.47. The molecule has 0 spiro atoms. The predicted octanol–water partition coefficient (Wildman–Crippen LogP) is 1.50. The zero-order valence-corrected chi connectivity index (χ0v) is 12.7. The van der Waals surface area contributed by atoms with Crippen molar-refractivity contribution < 1.29 is 9.47 Å². The Kier molecular flexibility index (Phi) is 6.57. The van der Waals surface area contributed by atoms with E-state index in [-0.39, 0.29) is 11.6 Å². The van der Waals surface area contributed by atoms with Crippen LogP contribution in [0.3, 0.4) is 0 Å². The Morgan fingerprint density at radius 1 is 1.33 bits per heavy atom. The molecule has 0 bridgehead atoms. The van der Waals surface area contributed by atoms with Gasteiger partial charge in [-0.3, -0.25) is 4.90 Å². The van der Waals surface area contributed by atoms with E-state index in [0.717, 1.165) is 19.6 Å². The van der Waals surface area contributed by atoms with Crippen LogP contribution in [0.2, 0.25) is 0 Å². The van der Waals surface area contributed by atoms with Crippen LogP contribution >= 0.6 is 0 Å². The third-order valence-corrected chi connectivity index (χ3v) is 4.38. The minimum Gasteiger partial charge on any atom is -0.382 e. The van der Waals surface area contributed by atoms with Crippen LogP contribution in [0.4, 0.5) is 0 Å².